The standard InChI is InChI=1S/C13H18ClN.ClH/c1-13(7-2-8-13)10-15-9-11-3-5-12(14)6-4-11;/h3-6,15H,2,7-10H2,1H3;1H. The molecule has 0 spiro atoms. The second kappa shape index (κ2) is 5.90. The van der Waals surface area contributed by atoms with E-state index < -0.39 is 0 Å². The summed E-state index contributed by atoms with van der Waals surface area (Å²) < 4.78 is 0. The van der Waals surface area contributed by atoms with E-state index in [2.05, 4.69) is 24.4 Å². The first-order valence-electron chi connectivity index (χ1n) is 5.63. The molecule has 0 atom stereocenters. The molecule has 1 N–H and O–H groups in total. The van der Waals surface area contributed by atoms with Gasteiger partial charge in [-0.3, -0.25) is 0 Å². The number of halogens is 2. The predicted molar refractivity (Wildman–Crippen MR) is 72.4 cm³/mol. The SMILES string of the molecule is CC1(CNCc2ccc(Cl)cc2)CCC1.Cl. The van der Waals surface area contributed by atoms with E-state index in [9.17, 15) is 0 Å². The fourth-order valence-corrected chi connectivity index (χ4v) is 2.19. The first-order chi connectivity index (χ1) is 7.18. The number of hydrogen-bond donors (Lipinski definition) is 1. The van der Waals surface area contributed by atoms with Gasteiger partial charge in [-0.15, -0.1) is 12.4 Å². The van der Waals surface area contributed by atoms with Crippen LogP contribution < -0.4 is 5.32 Å². The Kier molecular flexibility index (Phi) is 5.10. The van der Waals surface area contributed by atoms with Gasteiger partial charge in [-0.2, -0.15) is 0 Å². The Balaban J connectivity index is 0.00000128. The summed E-state index contributed by atoms with van der Waals surface area (Å²) in [4.78, 5) is 0. The van der Waals surface area contributed by atoms with Crippen LogP contribution in [0.15, 0.2) is 24.3 Å². The highest BCUT2D eigenvalue weighted by molar-refractivity contribution is 6.30. The van der Waals surface area contributed by atoms with Crippen molar-refractivity contribution in [3.63, 3.8) is 0 Å². The highest BCUT2D eigenvalue weighted by Gasteiger charge is 2.30. The van der Waals surface area contributed by atoms with Crippen molar-refractivity contribution >= 4 is 24.0 Å². The highest BCUT2D eigenvalue weighted by atomic mass is 35.5. The van der Waals surface area contributed by atoms with Crippen molar-refractivity contribution in [2.45, 2.75) is 32.7 Å². The maximum Gasteiger partial charge on any atom is 0.0406 e. The van der Waals surface area contributed by atoms with Crippen molar-refractivity contribution in [2.24, 2.45) is 5.41 Å². The van der Waals surface area contributed by atoms with Gasteiger partial charge in [-0.1, -0.05) is 37.1 Å². The fourth-order valence-electron chi connectivity index (χ4n) is 2.07. The Morgan fingerprint density at radius 2 is 1.88 bits per heavy atom. The van der Waals surface area contributed by atoms with E-state index in [-0.39, 0.29) is 12.4 Å². The van der Waals surface area contributed by atoms with Crippen molar-refractivity contribution in [1.29, 1.82) is 0 Å². The molecule has 1 aliphatic carbocycles. The summed E-state index contributed by atoms with van der Waals surface area (Å²) in [6.45, 7) is 4.45. The third kappa shape index (κ3) is 3.65. The zero-order valence-corrected chi connectivity index (χ0v) is 11.2. The molecule has 0 amide bonds. The van der Waals surface area contributed by atoms with Crippen molar-refractivity contribution in [1.82, 2.24) is 5.32 Å². The third-order valence-corrected chi connectivity index (χ3v) is 3.61. The molecule has 1 nitrogen and oxygen atoms in total. The minimum Gasteiger partial charge on any atom is -0.312 e. The molecule has 1 fully saturated rings. The zero-order valence-electron chi connectivity index (χ0n) is 9.63. The molecule has 1 aromatic carbocycles. The lowest BCUT2D eigenvalue weighted by Crippen LogP contribution is -2.36. The quantitative estimate of drug-likeness (QED) is 0.861. The van der Waals surface area contributed by atoms with Crippen LogP contribution in [0.4, 0.5) is 0 Å². The monoisotopic (exact) mass is 259 g/mol. The summed E-state index contributed by atoms with van der Waals surface area (Å²) in [6.07, 6.45) is 4.15. The molecule has 0 bridgehead atoms. The molecule has 16 heavy (non-hydrogen) atoms. The van der Waals surface area contributed by atoms with Crippen molar-refractivity contribution in [3.8, 4) is 0 Å². The molecule has 3 heteroatoms. The fraction of sp³-hybridized carbons (Fsp3) is 0.538. The Morgan fingerprint density at radius 3 is 2.38 bits per heavy atom. The molecule has 0 heterocycles. The first kappa shape index (κ1) is 13.8. The summed E-state index contributed by atoms with van der Waals surface area (Å²) in [7, 11) is 0. The van der Waals surface area contributed by atoms with Crippen LogP contribution in [0.1, 0.15) is 31.7 Å². The van der Waals surface area contributed by atoms with Crippen LogP contribution >= 0.6 is 24.0 Å². The Bertz CT molecular complexity index is 317. The molecule has 1 aromatic rings. The van der Waals surface area contributed by atoms with Gasteiger partial charge in [0, 0.05) is 18.1 Å². The van der Waals surface area contributed by atoms with Gasteiger partial charge >= 0.3 is 0 Å². The lowest BCUT2D eigenvalue weighted by molar-refractivity contribution is 0.156. The molecule has 1 saturated carbocycles. The Hall–Kier alpha value is -0.240. The first-order valence-corrected chi connectivity index (χ1v) is 6.01. The van der Waals surface area contributed by atoms with Crippen LogP contribution in [0.5, 0.6) is 0 Å². The predicted octanol–water partition coefficient (Wildman–Crippen LogP) is 4.04. The second-order valence-corrected chi connectivity index (χ2v) is 5.33. The van der Waals surface area contributed by atoms with E-state index in [0.717, 1.165) is 18.1 Å². The van der Waals surface area contributed by atoms with E-state index in [1.165, 1.54) is 24.8 Å². The lowest BCUT2D eigenvalue weighted by Gasteiger charge is -2.38. The van der Waals surface area contributed by atoms with E-state index in [4.69, 9.17) is 11.6 Å². The van der Waals surface area contributed by atoms with Crippen LogP contribution in [-0.2, 0) is 6.54 Å². The number of hydrogen-bond acceptors (Lipinski definition) is 1. The molecule has 0 aliphatic heterocycles. The molecular formula is C13H19Cl2N. The van der Waals surface area contributed by atoms with Gasteiger partial charge in [0.05, 0.1) is 0 Å². The normalized spacial score (nSPS) is 17.4. The lowest BCUT2D eigenvalue weighted by atomic mass is 9.70. The van der Waals surface area contributed by atoms with Crippen LogP contribution in [0, 0.1) is 5.41 Å². The van der Waals surface area contributed by atoms with Crippen molar-refractivity contribution in [3.05, 3.63) is 34.9 Å². The smallest absolute Gasteiger partial charge is 0.0406 e. The van der Waals surface area contributed by atoms with Gasteiger partial charge in [0.2, 0.25) is 0 Å². The molecule has 2 rings (SSSR count). The Labute approximate surface area is 109 Å². The maximum atomic E-state index is 5.83. The summed E-state index contributed by atoms with van der Waals surface area (Å²) in [6, 6.07) is 8.06. The van der Waals surface area contributed by atoms with E-state index in [1.54, 1.807) is 0 Å². The zero-order chi connectivity index (χ0) is 10.7. The molecular weight excluding hydrogens is 241 g/mol. The summed E-state index contributed by atoms with van der Waals surface area (Å²) in [5.41, 5.74) is 1.87. The van der Waals surface area contributed by atoms with Crippen molar-refractivity contribution < 1.29 is 0 Å². The second-order valence-electron chi connectivity index (χ2n) is 4.89. The Morgan fingerprint density at radius 1 is 1.25 bits per heavy atom. The third-order valence-electron chi connectivity index (χ3n) is 3.35. The van der Waals surface area contributed by atoms with Gasteiger partial charge in [-0.25, -0.2) is 0 Å². The van der Waals surface area contributed by atoms with E-state index in [0.29, 0.717) is 5.41 Å². The van der Waals surface area contributed by atoms with E-state index >= 15 is 0 Å². The number of rotatable bonds is 4. The minimum absolute atomic E-state index is 0. The molecule has 0 radical (unpaired) electrons. The molecule has 0 aromatic heterocycles. The van der Waals surface area contributed by atoms with Gasteiger partial charge < -0.3 is 5.32 Å². The highest BCUT2D eigenvalue weighted by Crippen LogP contribution is 2.39. The average Bonchev–Trinajstić information content (AvgIpc) is 2.19. The molecule has 0 unspecified atom stereocenters. The number of benzene rings is 1. The van der Waals surface area contributed by atoms with Gasteiger partial charge in [0.15, 0.2) is 0 Å². The molecule has 90 valence electrons. The van der Waals surface area contributed by atoms with Gasteiger partial charge in [0.25, 0.3) is 0 Å². The van der Waals surface area contributed by atoms with Gasteiger partial charge in [-0.05, 0) is 36.0 Å². The largest absolute Gasteiger partial charge is 0.312 e. The van der Waals surface area contributed by atoms with Gasteiger partial charge in [0.1, 0.15) is 0 Å². The van der Waals surface area contributed by atoms with E-state index in [1.807, 2.05) is 12.1 Å². The number of nitrogens with one attached hydrogen (secondary N) is 1. The maximum absolute atomic E-state index is 5.83. The summed E-state index contributed by atoms with van der Waals surface area (Å²) in [5.74, 6) is 0. The van der Waals surface area contributed by atoms with Crippen LogP contribution in [-0.4, -0.2) is 6.54 Å². The topological polar surface area (TPSA) is 12.0 Å². The van der Waals surface area contributed by atoms with Crippen LogP contribution in [0.3, 0.4) is 0 Å². The van der Waals surface area contributed by atoms with Crippen LogP contribution in [0.2, 0.25) is 5.02 Å². The minimum atomic E-state index is 0. The summed E-state index contributed by atoms with van der Waals surface area (Å²) in [5, 5.41) is 4.33. The molecule has 1 aliphatic rings. The van der Waals surface area contributed by atoms with Crippen LogP contribution in [0.25, 0.3) is 0 Å². The summed E-state index contributed by atoms with van der Waals surface area (Å²) >= 11 is 5.83. The van der Waals surface area contributed by atoms with Crippen molar-refractivity contribution in [2.75, 3.05) is 6.54 Å². The average molecular weight is 260 g/mol. The molecule has 0 saturated heterocycles.